The molecule has 1 aromatic carbocycles. The molecule has 3 rings (SSSR count). The van der Waals surface area contributed by atoms with Gasteiger partial charge in [0, 0.05) is 44.9 Å². The van der Waals surface area contributed by atoms with Crippen molar-refractivity contribution in [1.29, 1.82) is 0 Å². The van der Waals surface area contributed by atoms with Gasteiger partial charge in [-0.2, -0.15) is 5.10 Å². The van der Waals surface area contributed by atoms with Gasteiger partial charge in [-0.3, -0.25) is 4.68 Å². The molecule has 24 heavy (non-hydrogen) atoms. The highest BCUT2D eigenvalue weighted by atomic mass is 16.5. The van der Waals surface area contributed by atoms with E-state index in [1.807, 2.05) is 69.1 Å². The van der Waals surface area contributed by atoms with Crippen LogP contribution in [0.4, 0.5) is 5.82 Å². The minimum Gasteiger partial charge on any atom is -0.363 e. The van der Waals surface area contributed by atoms with Crippen molar-refractivity contribution in [2.45, 2.75) is 20.0 Å². The third-order valence-electron chi connectivity index (χ3n) is 3.97. The van der Waals surface area contributed by atoms with Crippen LogP contribution in [0.1, 0.15) is 17.0 Å². The molecule has 0 fully saturated rings. The predicted octanol–water partition coefficient (Wildman–Crippen LogP) is 2.74. The minimum atomic E-state index is 0.626. The maximum absolute atomic E-state index is 5.43. The molecule has 0 radical (unpaired) electrons. The van der Waals surface area contributed by atoms with Crippen LogP contribution in [0.5, 0.6) is 0 Å². The van der Waals surface area contributed by atoms with Crippen LogP contribution in [0.15, 0.2) is 40.9 Å². The molecule has 0 aliphatic carbocycles. The van der Waals surface area contributed by atoms with Gasteiger partial charge in [-0.05, 0) is 6.92 Å². The monoisotopic (exact) mass is 325 g/mol. The third kappa shape index (κ3) is 3.33. The van der Waals surface area contributed by atoms with E-state index >= 15 is 0 Å². The lowest BCUT2D eigenvalue weighted by Crippen LogP contribution is -2.18. The second kappa shape index (κ2) is 6.88. The molecule has 0 spiro atoms. The third-order valence-corrected chi connectivity index (χ3v) is 3.97. The van der Waals surface area contributed by atoms with Gasteiger partial charge in [0.25, 0.3) is 0 Å². The van der Waals surface area contributed by atoms with Crippen LogP contribution >= 0.6 is 0 Å². The highest BCUT2D eigenvalue weighted by molar-refractivity contribution is 5.58. The van der Waals surface area contributed by atoms with Gasteiger partial charge in [-0.1, -0.05) is 35.5 Å². The van der Waals surface area contributed by atoms with Crippen molar-refractivity contribution in [2.75, 3.05) is 19.0 Å². The summed E-state index contributed by atoms with van der Waals surface area (Å²) in [4.78, 5) is 2.08. The van der Waals surface area contributed by atoms with Crippen LogP contribution in [-0.2, 0) is 20.1 Å². The fraction of sp³-hybridized carbons (Fsp3) is 0.333. The van der Waals surface area contributed by atoms with E-state index in [-0.39, 0.29) is 0 Å². The quantitative estimate of drug-likeness (QED) is 0.755. The van der Waals surface area contributed by atoms with Crippen LogP contribution in [-0.4, -0.2) is 29.0 Å². The van der Waals surface area contributed by atoms with Crippen molar-refractivity contribution in [1.82, 2.24) is 20.3 Å². The van der Waals surface area contributed by atoms with E-state index in [1.165, 1.54) is 5.56 Å². The summed E-state index contributed by atoms with van der Waals surface area (Å²) in [6.07, 6.45) is 0. The maximum Gasteiger partial charge on any atom is 0.151 e. The van der Waals surface area contributed by atoms with Crippen LogP contribution in [0.2, 0.25) is 0 Å². The Labute approximate surface area is 142 Å². The molecule has 6 heteroatoms. The summed E-state index contributed by atoms with van der Waals surface area (Å²) >= 11 is 0. The van der Waals surface area contributed by atoms with Gasteiger partial charge in [-0.15, -0.1) is 0 Å². The fourth-order valence-electron chi connectivity index (χ4n) is 2.91. The first kappa shape index (κ1) is 16.3. The Morgan fingerprint density at radius 3 is 2.62 bits per heavy atom. The molecule has 0 aliphatic heterocycles. The molecule has 6 nitrogen and oxygen atoms in total. The van der Waals surface area contributed by atoms with Crippen molar-refractivity contribution < 1.29 is 4.52 Å². The van der Waals surface area contributed by atoms with Gasteiger partial charge >= 0.3 is 0 Å². The molecule has 0 saturated carbocycles. The number of hydrogen-bond acceptors (Lipinski definition) is 5. The minimum absolute atomic E-state index is 0.626. The molecular weight excluding hydrogens is 302 g/mol. The summed E-state index contributed by atoms with van der Waals surface area (Å²) in [6.45, 7) is 3.39. The van der Waals surface area contributed by atoms with Crippen LogP contribution < -0.4 is 10.2 Å². The molecule has 0 bridgehead atoms. The average Bonchev–Trinajstić information content (AvgIpc) is 3.13. The van der Waals surface area contributed by atoms with E-state index in [4.69, 9.17) is 4.52 Å². The van der Waals surface area contributed by atoms with Crippen molar-refractivity contribution in [3.8, 4) is 11.3 Å². The van der Waals surface area contributed by atoms with E-state index < -0.39 is 0 Å². The van der Waals surface area contributed by atoms with E-state index in [1.54, 1.807) is 0 Å². The first-order chi connectivity index (χ1) is 11.6. The molecule has 0 amide bonds. The lowest BCUT2D eigenvalue weighted by atomic mass is 10.1. The smallest absolute Gasteiger partial charge is 0.151 e. The number of aromatic nitrogens is 3. The van der Waals surface area contributed by atoms with E-state index in [2.05, 4.69) is 20.5 Å². The Hall–Kier alpha value is -2.60. The van der Waals surface area contributed by atoms with E-state index in [9.17, 15) is 0 Å². The largest absolute Gasteiger partial charge is 0.363 e. The Bertz CT molecular complexity index is 804. The number of nitrogens with zero attached hydrogens (tertiary/aromatic N) is 4. The number of rotatable bonds is 6. The Morgan fingerprint density at radius 2 is 1.92 bits per heavy atom. The van der Waals surface area contributed by atoms with E-state index in [0.29, 0.717) is 6.54 Å². The maximum atomic E-state index is 5.43. The molecular formula is C18H23N5O. The van der Waals surface area contributed by atoms with Gasteiger partial charge in [0.2, 0.25) is 0 Å². The van der Waals surface area contributed by atoms with Crippen LogP contribution in [0.25, 0.3) is 11.3 Å². The summed E-state index contributed by atoms with van der Waals surface area (Å²) in [5, 5.41) is 12.1. The standard InChI is InChI=1S/C18H23N5O/c1-13-16(18(22(2)3)23(4)20-13)12-19-11-15-10-17(21-24-15)14-8-6-5-7-9-14/h5-10,19H,11-12H2,1-4H3. The summed E-state index contributed by atoms with van der Waals surface area (Å²) in [6, 6.07) is 12.0. The second-order valence-electron chi connectivity index (χ2n) is 6.05. The Balaban J connectivity index is 1.65. The number of benzene rings is 1. The number of aryl methyl sites for hydroxylation is 2. The van der Waals surface area contributed by atoms with Gasteiger partial charge in [0.15, 0.2) is 5.76 Å². The molecule has 2 heterocycles. The lowest BCUT2D eigenvalue weighted by Gasteiger charge is -2.15. The van der Waals surface area contributed by atoms with Gasteiger partial charge in [-0.25, -0.2) is 0 Å². The number of anilines is 1. The highest BCUT2D eigenvalue weighted by Crippen LogP contribution is 2.22. The fourth-order valence-corrected chi connectivity index (χ4v) is 2.91. The Kier molecular flexibility index (Phi) is 4.66. The second-order valence-corrected chi connectivity index (χ2v) is 6.05. The van der Waals surface area contributed by atoms with Crippen molar-refractivity contribution in [3.63, 3.8) is 0 Å². The van der Waals surface area contributed by atoms with Crippen molar-refractivity contribution >= 4 is 5.82 Å². The van der Waals surface area contributed by atoms with Gasteiger partial charge < -0.3 is 14.7 Å². The summed E-state index contributed by atoms with van der Waals surface area (Å²) in [7, 11) is 6.03. The Morgan fingerprint density at radius 1 is 1.17 bits per heavy atom. The number of hydrogen-bond donors (Lipinski definition) is 1. The molecule has 3 aromatic rings. The van der Waals surface area contributed by atoms with Crippen molar-refractivity contribution in [2.24, 2.45) is 7.05 Å². The predicted molar refractivity (Wildman–Crippen MR) is 94.8 cm³/mol. The molecule has 2 aromatic heterocycles. The van der Waals surface area contributed by atoms with Crippen molar-refractivity contribution in [3.05, 3.63) is 53.4 Å². The topological polar surface area (TPSA) is 59.1 Å². The SMILES string of the molecule is Cc1nn(C)c(N(C)C)c1CNCc1cc(-c2ccccc2)no1. The molecule has 0 saturated heterocycles. The first-order valence-electron chi connectivity index (χ1n) is 7.98. The molecule has 126 valence electrons. The first-order valence-corrected chi connectivity index (χ1v) is 7.98. The van der Waals surface area contributed by atoms with Gasteiger partial charge in [0.05, 0.1) is 12.2 Å². The number of nitrogens with one attached hydrogen (secondary N) is 1. The molecule has 0 unspecified atom stereocenters. The lowest BCUT2D eigenvalue weighted by molar-refractivity contribution is 0.374. The van der Waals surface area contributed by atoms with Crippen LogP contribution in [0, 0.1) is 6.92 Å². The normalized spacial score (nSPS) is 11.0. The zero-order chi connectivity index (χ0) is 17.1. The average molecular weight is 325 g/mol. The zero-order valence-electron chi connectivity index (χ0n) is 14.6. The summed E-state index contributed by atoms with van der Waals surface area (Å²) in [5.74, 6) is 1.93. The molecule has 1 N–H and O–H groups in total. The molecule has 0 atom stereocenters. The van der Waals surface area contributed by atoms with Crippen LogP contribution in [0.3, 0.4) is 0 Å². The van der Waals surface area contributed by atoms with E-state index in [0.717, 1.165) is 35.1 Å². The summed E-state index contributed by atoms with van der Waals surface area (Å²) < 4.78 is 7.34. The molecule has 0 aliphatic rings. The zero-order valence-corrected chi connectivity index (χ0v) is 14.6. The van der Waals surface area contributed by atoms with Gasteiger partial charge in [0.1, 0.15) is 11.5 Å². The highest BCUT2D eigenvalue weighted by Gasteiger charge is 2.14. The summed E-state index contributed by atoms with van der Waals surface area (Å²) in [5.41, 5.74) is 4.16.